The van der Waals surface area contributed by atoms with Gasteiger partial charge in [0, 0.05) is 26.1 Å². The van der Waals surface area contributed by atoms with Crippen molar-refractivity contribution in [1.29, 1.82) is 0 Å². The van der Waals surface area contributed by atoms with Crippen LogP contribution in [0.3, 0.4) is 0 Å². The molecule has 2 rings (SSSR count). The van der Waals surface area contributed by atoms with E-state index in [0.29, 0.717) is 32.1 Å². The molecule has 7 nitrogen and oxygen atoms in total. The van der Waals surface area contributed by atoms with Gasteiger partial charge in [0.25, 0.3) is 0 Å². The Hall–Kier alpha value is -2.44. The highest BCUT2D eigenvalue weighted by atomic mass is 16.5. The summed E-state index contributed by atoms with van der Waals surface area (Å²) >= 11 is 0. The molecule has 1 heterocycles. The van der Waals surface area contributed by atoms with E-state index < -0.39 is 0 Å². The second-order valence-electron chi connectivity index (χ2n) is 6.05. The highest BCUT2D eigenvalue weighted by Gasteiger charge is 2.16. The first-order valence-corrected chi connectivity index (χ1v) is 9.29. The van der Waals surface area contributed by atoms with Gasteiger partial charge < -0.3 is 25.0 Å². The van der Waals surface area contributed by atoms with Gasteiger partial charge in [-0.25, -0.2) is 0 Å². The molecule has 2 N–H and O–H groups in total. The lowest BCUT2D eigenvalue weighted by Crippen LogP contribution is -2.39. The molecule has 144 valence electrons. The maximum absolute atomic E-state index is 12.0. The van der Waals surface area contributed by atoms with Gasteiger partial charge in [0.15, 0.2) is 5.96 Å². The molecule has 1 aliphatic rings. The average molecular weight is 362 g/mol. The average Bonchev–Trinajstić information content (AvgIpc) is 3.20. The van der Waals surface area contributed by atoms with E-state index in [2.05, 4.69) is 15.6 Å². The van der Waals surface area contributed by atoms with Gasteiger partial charge in [0.2, 0.25) is 5.91 Å². The summed E-state index contributed by atoms with van der Waals surface area (Å²) in [6, 6.07) is 7.49. The minimum absolute atomic E-state index is 0.199. The Balaban J connectivity index is 1.68. The molecular formula is C19H30N4O3. The topological polar surface area (TPSA) is 75.2 Å². The Morgan fingerprint density at radius 3 is 2.50 bits per heavy atom. The van der Waals surface area contributed by atoms with E-state index in [4.69, 9.17) is 9.47 Å². The monoisotopic (exact) mass is 362 g/mol. The maximum atomic E-state index is 12.0. The van der Waals surface area contributed by atoms with Crippen molar-refractivity contribution in [2.75, 3.05) is 46.4 Å². The third-order valence-electron chi connectivity index (χ3n) is 4.12. The van der Waals surface area contributed by atoms with Gasteiger partial charge in [0.05, 0.1) is 20.2 Å². The molecule has 0 bridgehead atoms. The number of nitrogens with one attached hydrogen (secondary N) is 2. The molecule has 0 unspecified atom stereocenters. The molecule has 0 atom stereocenters. The quantitative estimate of drug-likeness (QED) is 0.397. The minimum atomic E-state index is 0.199. The summed E-state index contributed by atoms with van der Waals surface area (Å²) in [6.45, 7) is 6.20. The van der Waals surface area contributed by atoms with E-state index in [1.165, 1.54) is 0 Å². The van der Waals surface area contributed by atoms with Crippen molar-refractivity contribution in [2.24, 2.45) is 4.99 Å². The van der Waals surface area contributed by atoms with E-state index in [0.717, 1.165) is 44.0 Å². The number of likely N-dealkylation sites (tertiary alicyclic amines) is 1. The molecular weight excluding hydrogens is 332 g/mol. The largest absolute Gasteiger partial charge is 0.497 e. The molecule has 1 amide bonds. The van der Waals surface area contributed by atoms with Crippen LogP contribution in [0.15, 0.2) is 29.3 Å². The molecule has 1 saturated heterocycles. The molecule has 0 spiro atoms. The normalized spacial score (nSPS) is 14.2. The minimum Gasteiger partial charge on any atom is -0.497 e. The second-order valence-corrected chi connectivity index (χ2v) is 6.05. The lowest BCUT2D eigenvalue weighted by Gasteiger charge is -2.15. The highest BCUT2D eigenvalue weighted by Crippen LogP contribution is 2.16. The summed E-state index contributed by atoms with van der Waals surface area (Å²) < 4.78 is 10.8. The Bertz CT molecular complexity index is 569. The third-order valence-corrected chi connectivity index (χ3v) is 4.12. The predicted molar refractivity (Wildman–Crippen MR) is 103 cm³/mol. The first kappa shape index (κ1) is 19.9. The second kappa shape index (κ2) is 11.2. The summed E-state index contributed by atoms with van der Waals surface area (Å²) in [6.07, 6.45) is 2.69. The van der Waals surface area contributed by atoms with E-state index >= 15 is 0 Å². The predicted octanol–water partition coefficient (Wildman–Crippen LogP) is 1.64. The van der Waals surface area contributed by atoms with Crippen molar-refractivity contribution in [3.8, 4) is 11.5 Å². The molecule has 0 aromatic heterocycles. The maximum Gasteiger partial charge on any atom is 0.224 e. The first-order chi connectivity index (χ1) is 12.7. The van der Waals surface area contributed by atoms with E-state index in [1.807, 2.05) is 36.1 Å². The van der Waals surface area contributed by atoms with Crippen LogP contribution in [0.4, 0.5) is 0 Å². The van der Waals surface area contributed by atoms with Gasteiger partial charge >= 0.3 is 0 Å². The van der Waals surface area contributed by atoms with Crippen molar-refractivity contribution in [1.82, 2.24) is 15.5 Å². The Morgan fingerprint density at radius 1 is 1.15 bits per heavy atom. The fraction of sp³-hybridized carbons (Fsp3) is 0.579. The summed E-state index contributed by atoms with van der Waals surface area (Å²) in [5.74, 6) is 2.51. The van der Waals surface area contributed by atoms with Crippen LogP contribution in [0, 0.1) is 0 Å². The number of amides is 1. The van der Waals surface area contributed by atoms with Gasteiger partial charge in [-0.2, -0.15) is 0 Å². The fourth-order valence-electron chi connectivity index (χ4n) is 2.74. The number of rotatable bonds is 9. The number of hydrogen-bond donors (Lipinski definition) is 2. The molecule has 0 aliphatic carbocycles. The van der Waals surface area contributed by atoms with Gasteiger partial charge in [0.1, 0.15) is 18.1 Å². The molecule has 1 fully saturated rings. The van der Waals surface area contributed by atoms with Crippen LogP contribution in [0.1, 0.15) is 26.2 Å². The van der Waals surface area contributed by atoms with Crippen molar-refractivity contribution >= 4 is 11.9 Å². The standard InChI is InChI=1S/C19H30N4O3/c1-3-20-19(21-11-10-18(24)23-13-4-5-14-23)22-12-15-26-17-8-6-16(25-2)7-9-17/h6-9H,3-5,10-15H2,1-2H3,(H2,20,21,22). The van der Waals surface area contributed by atoms with Gasteiger partial charge in [-0.05, 0) is 44.0 Å². The van der Waals surface area contributed by atoms with Gasteiger partial charge in [-0.15, -0.1) is 0 Å². The highest BCUT2D eigenvalue weighted by molar-refractivity contribution is 5.80. The fourth-order valence-corrected chi connectivity index (χ4v) is 2.74. The number of guanidine groups is 1. The smallest absolute Gasteiger partial charge is 0.224 e. The number of benzene rings is 1. The van der Waals surface area contributed by atoms with Crippen LogP contribution in [-0.2, 0) is 4.79 Å². The number of carbonyl (C=O) groups excluding carboxylic acids is 1. The first-order valence-electron chi connectivity index (χ1n) is 9.29. The van der Waals surface area contributed by atoms with Gasteiger partial charge in [-0.3, -0.25) is 9.79 Å². The zero-order valence-corrected chi connectivity index (χ0v) is 15.8. The number of nitrogens with zero attached hydrogens (tertiary/aromatic N) is 2. The molecule has 26 heavy (non-hydrogen) atoms. The zero-order valence-electron chi connectivity index (χ0n) is 15.8. The lowest BCUT2D eigenvalue weighted by atomic mass is 10.3. The zero-order chi connectivity index (χ0) is 18.6. The van der Waals surface area contributed by atoms with Crippen LogP contribution >= 0.6 is 0 Å². The van der Waals surface area contributed by atoms with Crippen molar-refractivity contribution in [3.63, 3.8) is 0 Å². The Labute approximate surface area is 155 Å². The lowest BCUT2D eigenvalue weighted by molar-refractivity contribution is -0.129. The van der Waals surface area contributed by atoms with Crippen LogP contribution in [0.25, 0.3) is 0 Å². The molecule has 7 heteroatoms. The molecule has 1 aromatic rings. The molecule has 0 radical (unpaired) electrons. The SMILES string of the molecule is CCNC(=NCCC(=O)N1CCCC1)NCCOc1ccc(OC)cc1. The number of carbonyl (C=O) groups is 1. The number of hydrogen-bond acceptors (Lipinski definition) is 4. The summed E-state index contributed by atoms with van der Waals surface area (Å²) in [4.78, 5) is 18.4. The van der Waals surface area contributed by atoms with Crippen molar-refractivity contribution < 1.29 is 14.3 Å². The van der Waals surface area contributed by atoms with E-state index in [1.54, 1.807) is 7.11 Å². The Morgan fingerprint density at radius 2 is 1.85 bits per heavy atom. The molecule has 1 aromatic carbocycles. The summed E-state index contributed by atoms with van der Waals surface area (Å²) in [5.41, 5.74) is 0. The number of methoxy groups -OCH3 is 1. The van der Waals surface area contributed by atoms with E-state index in [9.17, 15) is 4.79 Å². The van der Waals surface area contributed by atoms with Crippen molar-refractivity contribution in [3.05, 3.63) is 24.3 Å². The van der Waals surface area contributed by atoms with Gasteiger partial charge in [-0.1, -0.05) is 0 Å². The number of ether oxygens (including phenoxy) is 2. The van der Waals surface area contributed by atoms with E-state index in [-0.39, 0.29) is 5.91 Å². The summed E-state index contributed by atoms with van der Waals surface area (Å²) in [7, 11) is 1.64. The van der Waals surface area contributed by atoms with Crippen LogP contribution in [-0.4, -0.2) is 63.2 Å². The van der Waals surface area contributed by atoms with Crippen LogP contribution < -0.4 is 20.1 Å². The summed E-state index contributed by atoms with van der Waals surface area (Å²) in [5, 5.41) is 6.40. The van der Waals surface area contributed by atoms with Crippen LogP contribution in [0.5, 0.6) is 11.5 Å². The molecule has 1 aliphatic heterocycles. The van der Waals surface area contributed by atoms with Crippen molar-refractivity contribution in [2.45, 2.75) is 26.2 Å². The Kier molecular flexibility index (Phi) is 8.59. The number of aliphatic imine (C=N–C) groups is 1. The van der Waals surface area contributed by atoms with Crippen LogP contribution in [0.2, 0.25) is 0 Å². The third kappa shape index (κ3) is 6.82. The molecule has 0 saturated carbocycles.